The Labute approximate surface area is 138 Å². The van der Waals surface area contributed by atoms with Crippen LogP contribution in [0.1, 0.15) is 25.3 Å². The first kappa shape index (κ1) is 17.7. The van der Waals surface area contributed by atoms with Gasteiger partial charge in [-0.3, -0.25) is 0 Å². The lowest BCUT2D eigenvalue weighted by molar-refractivity contribution is 0.114. The molecule has 1 aliphatic heterocycles. The Kier molecular flexibility index (Phi) is 6.41. The third kappa shape index (κ3) is 5.84. The van der Waals surface area contributed by atoms with Crippen molar-refractivity contribution in [2.75, 3.05) is 26.0 Å². The molecule has 6 nitrogen and oxygen atoms in total. The number of nitrogens with one attached hydrogen (secondary N) is 2. The van der Waals surface area contributed by atoms with Crippen LogP contribution in [0.15, 0.2) is 34.2 Å². The largest absolute Gasteiger partial charge is 0.376 e. The zero-order valence-electron chi connectivity index (χ0n) is 13.7. The van der Waals surface area contributed by atoms with Crippen LogP contribution < -0.4 is 10.6 Å². The number of rotatable bonds is 6. The van der Waals surface area contributed by atoms with E-state index in [4.69, 9.17) is 4.74 Å². The second-order valence-electron chi connectivity index (χ2n) is 5.63. The zero-order valence-corrected chi connectivity index (χ0v) is 14.5. The lowest BCUT2D eigenvalue weighted by Crippen LogP contribution is -2.41. The lowest BCUT2D eigenvalue weighted by Gasteiger charge is -2.14. The van der Waals surface area contributed by atoms with Crippen LogP contribution >= 0.6 is 0 Å². The summed E-state index contributed by atoms with van der Waals surface area (Å²) in [7, 11) is -3.15. The van der Waals surface area contributed by atoms with Crippen molar-refractivity contribution in [2.24, 2.45) is 4.99 Å². The van der Waals surface area contributed by atoms with Crippen LogP contribution in [0.3, 0.4) is 0 Å². The van der Waals surface area contributed by atoms with Crippen LogP contribution in [0.4, 0.5) is 0 Å². The molecule has 1 aliphatic rings. The van der Waals surface area contributed by atoms with Crippen LogP contribution in [0.25, 0.3) is 0 Å². The van der Waals surface area contributed by atoms with Gasteiger partial charge in [0.2, 0.25) is 0 Å². The fraction of sp³-hybridized carbons (Fsp3) is 0.562. The second kappa shape index (κ2) is 8.31. The summed E-state index contributed by atoms with van der Waals surface area (Å²) in [6.07, 6.45) is 3.66. The lowest BCUT2D eigenvalue weighted by atomic mass is 10.2. The van der Waals surface area contributed by atoms with Gasteiger partial charge in [-0.2, -0.15) is 0 Å². The molecule has 0 saturated carbocycles. The van der Waals surface area contributed by atoms with E-state index in [0.29, 0.717) is 11.4 Å². The zero-order chi connectivity index (χ0) is 16.7. The van der Waals surface area contributed by atoms with Gasteiger partial charge in [-0.1, -0.05) is 12.1 Å². The maximum Gasteiger partial charge on any atom is 0.191 e. The molecule has 23 heavy (non-hydrogen) atoms. The van der Waals surface area contributed by atoms with E-state index >= 15 is 0 Å². The summed E-state index contributed by atoms with van der Waals surface area (Å²) in [4.78, 5) is 4.85. The summed E-state index contributed by atoms with van der Waals surface area (Å²) in [5, 5.41) is 6.49. The molecule has 1 heterocycles. The minimum absolute atomic E-state index is 0.257. The summed E-state index contributed by atoms with van der Waals surface area (Å²) in [5.74, 6) is 0.746. The van der Waals surface area contributed by atoms with Gasteiger partial charge in [0, 0.05) is 26.0 Å². The van der Waals surface area contributed by atoms with E-state index in [1.807, 2.05) is 6.92 Å². The van der Waals surface area contributed by atoms with Crippen LogP contribution in [-0.4, -0.2) is 46.4 Å². The molecular weight excluding hydrogens is 314 g/mol. The summed E-state index contributed by atoms with van der Waals surface area (Å²) in [6, 6.07) is 6.83. The molecule has 0 radical (unpaired) electrons. The van der Waals surface area contributed by atoms with Crippen LogP contribution in [0, 0.1) is 0 Å². The topological polar surface area (TPSA) is 79.8 Å². The smallest absolute Gasteiger partial charge is 0.191 e. The van der Waals surface area contributed by atoms with E-state index in [0.717, 1.165) is 44.1 Å². The minimum atomic E-state index is -3.15. The van der Waals surface area contributed by atoms with Gasteiger partial charge in [0.05, 0.1) is 17.5 Å². The first-order valence-corrected chi connectivity index (χ1v) is 9.81. The first-order valence-electron chi connectivity index (χ1n) is 7.92. The van der Waals surface area contributed by atoms with Gasteiger partial charge in [-0.15, -0.1) is 0 Å². The van der Waals surface area contributed by atoms with Crippen molar-refractivity contribution < 1.29 is 13.2 Å². The highest BCUT2D eigenvalue weighted by Crippen LogP contribution is 2.12. The molecule has 128 valence electrons. The van der Waals surface area contributed by atoms with E-state index in [-0.39, 0.29) is 6.10 Å². The van der Waals surface area contributed by atoms with Crippen molar-refractivity contribution in [1.82, 2.24) is 10.6 Å². The molecule has 1 aromatic rings. The van der Waals surface area contributed by atoms with E-state index < -0.39 is 9.84 Å². The van der Waals surface area contributed by atoms with Gasteiger partial charge in [-0.25, -0.2) is 13.4 Å². The highest BCUT2D eigenvalue weighted by atomic mass is 32.2. The van der Waals surface area contributed by atoms with Gasteiger partial charge >= 0.3 is 0 Å². The van der Waals surface area contributed by atoms with E-state index in [1.165, 1.54) is 6.26 Å². The molecule has 0 aromatic heterocycles. The average molecular weight is 339 g/mol. The van der Waals surface area contributed by atoms with Gasteiger partial charge in [0.1, 0.15) is 0 Å². The van der Waals surface area contributed by atoms with Crippen molar-refractivity contribution >= 4 is 15.8 Å². The Balaban J connectivity index is 1.93. The van der Waals surface area contributed by atoms with Crippen molar-refractivity contribution in [3.8, 4) is 0 Å². The normalized spacial score (nSPS) is 18.9. The van der Waals surface area contributed by atoms with E-state index in [1.54, 1.807) is 24.3 Å². The number of ether oxygens (including phenoxy) is 1. The predicted molar refractivity (Wildman–Crippen MR) is 91.3 cm³/mol. The second-order valence-corrected chi connectivity index (χ2v) is 7.64. The number of aliphatic imine (C=N–C) groups is 1. The molecule has 0 spiro atoms. The number of sulfone groups is 1. The summed E-state index contributed by atoms with van der Waals surface area (Å²) < 4.78 is 28.5. The molecule has 1 aromatic carbocycles. The van der Waals surface area contributed by atoms with E-state index in [2.05, 4.69) is 15.6 Å². The fourth-order valence-electron chi connectivity index (χ4n) is 2.37. The summed E-state index contributed by atoms with van der Waals surface area (Å²) in [5.41, 5.74) is 0.965. The van der Waals surface area contributed by atoms with Gasteiger partial charge in [0.25, 0.3) is 0 Å². The predicted octanol–water partition coefficient (Wildman–Crippen LogP) is 1.32. The van der Waals surface area contributed by atoms with Crippen LogP contribution in [0.2, 0.25) is 0 Å². The molecule has 1 atom stereocenters. The molecular formula is C16H25N3O3S. The number of hydrogen-bond donors (Lipinski definition) is 2. The molecule has 2 N–H and O–H groups in total. The Morgan fingerprint density at radius 1 is 1.30 bits per heavy atom. The molecule has 1 unspecified atom stereocenters. The average Bonchev–Trinajstić information content (AvgIpc) is 3.03. The highest BCUT2D eigenvalue weighted by molar-refractivity contribution is 7.90. The molecule has 1 fully saturated rings. The monoisotopic (exact) mass is 339 g/mol. The number of hydrogen-bond acceptors (Lipinski definition) is 4. The van der Waals surface area contributed by atoms with Gasteiger partial charge in [-0.05, 0) is 37.5 Å². The van der Waals surface area contributed by atoms with Crippen LogP contribution in [-0.2, 0) is 21.1 Å². The van der Waals surface area contributed by atoms with Crippen molar-refractivity contribution in [3.05, 3.63) is 29.8 Å². The molecule has 1 saturated heterocycles. The van der Waals surface area contributed by atoms with Crippen LogP contribution in [0.5, 0.6) is 0 Å². The van der Waals surface area contributed by atoms with E-state index in [9.17, 15) is 8.42 Å². The third-order valence-corrected chi connectivity index (χ3v) is 4.77. The fourth-order valence-corrected chi connectivity index (χ4v) is 3.00. The standard InChI is InChI=1S/C16H25N3O3S/c1-3-17-16(19-12-14-5-4-10-22-14)18-11-13-6-8-15(9-7-13)23(2,20)21/h6-9,14H,3-5,10-12H2,1-2H3,(H2,17,18,19). The molecule has 2 rings (SSSR count). The number of benzene rings is 1. The first-order chi connectivity index (χ1) is 11.0. The number of guanidine groups is 1. The van der Waals surface area contributed by atoms with Gasteiger partial charge in [0.15, 0.2) is 15.8 Å². The maximum atomic E-state index is 11.4. The summed E-state index contributed by atoms with van der Waals surface area (Å²) in [6.45, 7) is 4.88. The molecule has 7 heteroatoms. The Hall–Kier alpha value is -1.60. The van der Waals surface area contributed by atoms with Crippen molar-refractivity contribution in [1.29, 1.82) is 0 Å². The Morgan fingerprint density at radius 3 is 2.61 bits per heavy atom. The Morgan fingerprint density at radius 2 is 2.04 bits per heavy atom. The SMILES string of the molecule is CCNC(=NCc1ccc(S(C)(=O)=O)cc1)NCC1CCCO1. The maximum absolute atomic E-state index is 11.4. The minimum Gasteiger partial charge on any atom is -0.376 e. The third-order valence-electron chi connectivity index (χ3n) is 3.64. The Bertz CT molecular complexity index is 620. The summed E-state index contributed by atoms with van der Waals surface area (Å²) >= 11 is 0. The highest BCUT2D eigenvalue weighted by Gasteiger charge is 2.15. The van der Waals surface area contributed by atoms with Crippen molar-refractivity contribution in [2.45, 2.75) is 37.3 Å². The number of nitrogens with zero attached hydrogens (tertiary/aromatic N) is 1. The molecule has 0 bridgehead atoms. The van der Waals surface area contributed by atoms with Gasteiger partial charge < -0.3 is 15.4 Å². The molecule has 0 amide bonds. The van der Waals surface area contributed by atoms with Crippen molar-refractivity contribution in [3.63, 3.8) is 0 Å². The molecule has 0 aliphatic carbocycles. The quantitative estimate of drug-likeness (QED) is 0.604.